The quantitative estimate of drug-likeness (QED) is 0.716. The first-order chi connectivity index (χ1) is 14.1. The van der Waals surface area contributed by atoms with Crippen molar-refractivity contribution < 1.29 is 13.6 Å². The lowest BCUT2D eigenvalue weighted by atomic mass is 10.2. The van der Waals surface area contributed by atoms with Crippen LogP contribution in [0.15, 0.2) is 53.1 Å². The molecular weight excluding hydrogens is 373 g/mol. The molecule has 8 heteroatoms. The first-order valence-corrected chi connectivity index (χ1v) is 9.51. The van der Waals surface area contributed by atoms with Crippen LogP contribution < -0.4 is 10.2 Å². The molecule has 0 radical (unpaired) electrons. The van der Waals surface area contributed by atoms with Crippen LogP contribution in [0, 0.1) is 12.7 Å². The van der Waals surface area contributed by atoms with Crippen molar-refractivity contribution in [2.24, 2.45) is 0 Å². The molecular formula is C21H22FN5O2. The van der Waals surface area contributed by atoms with Crippen molar-refractivity contribution in [3.8, 4) is 0 Å². The summed E-state index contributed by atoms with van der Waals surface area (Å²) in [5.74, 6) is 1.25. The van der Waals surface area contributed by atoms with Gasteiger partial charge in [0.25, 0.3) is 5.91 Å². The second-order valence-electron chi connectivity index (χ2n) is 6.89. The van der Waals surface area contributed by atoms with Gasteiger partial charge in [0, 0.05) is 50.0 Å². The lowest BCUT2D eigenvalue weighted by Gasteiger charge is -2.35. The molecule has 0 atom stereocenters. The van der Waals surface area contributed by atoms with E-state index < -0.39 is 0 Å². The van der Waals surface area contributed by atoms with Gasteiger partial charge >= 0.3 is 0 Å². The number of amides is 1. The van der Waals surface area contributed by atoms with Gasteiger partial charge in [-0.25, -0.2) is 9.37 Å². The Hall–Kier alpha value is -3.42. The van der Waals surface area contributed by atoms with Gasteiger partial charge < -0.3 is 19.5 Å². The lowest BCUT2D eigenvalue weighted by molar-refractivity contribution is 0.0714. The molecule has 2 aromatic heterocycles. The molecule has 29 heavy (non-hydrogen) atoms. The third kappa shape index (κ3) is 4.37. The number of rotatable bonds is 5. The highest BCUT2D eigenvalue weighted by Crippen LogP contribution is 2.19. The van der Waals surface area contributed by atoms with E-state index in [2.05, 4.69) is 20.2 Å². The Morgan fingerprint density at radius 1 is 1.14 bits per heavy atom. The molecule has 1 fully saturated rings. The average molecular weight is 395 g/mol. The number of nitrogens with zero attached hydrogens (tertiary/aromatic N) is 4. The van der Waals surface area contributed by atoms with Gasteiger partial charge in [-0.3, -0.25) is 4.79 Å². The highest BCUT2D eigenvalue weighted by Gasteiger charge is 2.24. The normalized spacial score (nSPS) is 14.1. The number of carbonyl (C=O) groups excluding carboxylic acids is 1. The summed E-state index contributed by atoms with van der Waals surface area (Å²) in [5, 5.41) is 3.10. The van der Waals surface area contributed by atoms with Crippen molar-refractivity contribution in [3.05, 3.63) is 71.6 Å². The maximum atomic E-state index is 13.8. The first-order valence-electron chi connectivity index (χ1n) is 9.51. The Morgan fingerprint density at radius 3 is 2.66 bits per heavy atom. The van der Waals surface area contributed by atoms with Gasteiger partial charge in [0.2, 0.25) is 5.95 Å². The Labute approximate surface area is 168 Å². The van der Waals surface area contributed by atoms with Crippen LogP contribution in [-0.4, -0.2) is 47.0 Å². The molecule has 1 N–H and O–H groups in total. The fraction of sp³-hybridized carbons (Fsp3) is 0.286. The number of furan rings is 1. The van der Waals surface area contributed by atoms with E-state index in [1.165, 1.54) is 12.3 Å². The predicted molar refractivity (Wildman–Crippen MR) is 107 cm³/mol. The van der Waals surface area contributed by atoms with Crippen molar-refractivity contribution in [1.29, 1.82) is 0 Å². The number of benzene rings is 1. The van der Waals surface area contributed by atoms with E-state index in [0.29, 0.717) is 50.0 Å². The van der Waals surface area contributed by atoms with Crippen LogP contribution >= 0.6 is 0 Å². The molecule has 1 aliphatic heterocycles. The summed E-state index contributed by atoms with van der Waals surface area (Å²) in [6.07, 6.45) is 1.50. The molecule has 1 saturated heterocycles. The molecule has 3 heterocycles. The second kappa shape index (κ2) is 8.30. The minimum atomic E-state index is -0.259. The maximum absolute atomic E-state index is 13.8. The van der Waals surface area contributed by atoms with Crippen LogP contribution in [0.2, 0.25) is 0 Å². The zero-order valence-corrected chi connectivity index (χ0v) is 16.1. The molecule has 150 valence electrons. The standard InChI is InChI=1S/C21H22FN5O2/c1-15-13-19(25-21(24-15)23-14-16-5-2-3-6-17(16)22)26-8-10-27(11-9-26)20(28)18-7-4-12-29-18/h2-7,12-13H,8-11,14H2,1H3,(H,23,24,25). The number of hydrogen-bond acceptors (Lipinski definition) is 6. The smallest absolute Gasteiger partial charge is 0.289 e. The summed E-state index contributed by atoms with van der Waals surface area (Å²) in [7, 11) is 0. The van der Waals surface area contributed by atoms with Gasteiger partial charge in [-0.15, -0.1) is 0 Å². The number of carbonyl (C=O) groups is 1. The van der Waals surface area contributed by atoms with E-state index in [0.717, 1.165) is 11.5 Å². The summed E-state index contributed by atoms with van der Waals surface area (Å²) in [4.78, 5) is 25.3. The van der Waals surface area contributed by atoms with E-state index in [9.17, 15) is 9.18 Å². The van der Waals surface area contributed by atoms with Crippen molar-refractivity contribution in [2.75, 3.05) is 36.4 Å². The SMILES string of the molecule is Cc1cc(N2CCN(C(=O)c3ccco3)CC2)nc(NCc2ccccc2F)n1. The van der Waals surface area contributed by atoms with Crippen LogP contribution in [0.25, 0.3) is 0 Å². The Morgan fingerprint density at radius 2 is 1.93 bits per heavy atom. The van der Waals surface area contributed by atoms with Crippen molar-refractivity contribution >= 4 is 17.7 Å². The largest absolute Gasteiger partial charge is 0.459 e. The summed E-state index contributed by atoms with van der Waals surface area (Å²) < 4.78 is 19.0. The number of piperazine rings is 1. The van der Waals surface area contributed by atoms with Crippen LogP contribution in [0.4, 0.5) is 16.2 Å². The highest BCUT2D eigenvalue weighted by atomic mass is 19.1. The van der Waals surface area contributed by atoms with E-state index in [-0.39, 0.29) is 11.7 Å². The van der Waals surface area contributed by atoms with Crippen LogP contribution in [0.5, 0.6) is 0 Å². The molecule has 0 spiro atoms. The Balaban J connectivity index is 1.40. The molecule has 1 aromatic carbocycles. The van der Waals surface area contributed by atoms with E-state index >= 15 is 0 Å². The van der Waals surface area contributed by atoms with Gasteiger partial charge in [0.05, 0.1) is 6.26 Å². The summed E-state index contributed by atoms with van der Waals surface area (Å²) in [6.45, 7) is 4.70. The van der Waals surface area contributed by atoms with Gasteiger partial charge in [-0.05, 0) is 25.1 Å². The van der Waals surface area contributed by atoms with Crippen molar-refractivity contribution in [3.63, 3.8) is 0 Å². The number of halogens is 1. The monoisotopic (exact) mass is 395 g/mol. The maximum Gasteiger partial charge on any atom is 0.289 e. The molecule has 0 bridgehead atoms. The Kier molecular flexibility index (Phi) is 5.41. The van der Waals surface area contributed by atoms with Crippen LogP contribution in [0.1, 0.15) is 21.8 Å². The van der Waals surface area contributed by atoms with Crippen molar-refractivity contribution in [2.45, 2.75) is 13.5 Å². The van der Waals surface area contributed by atoms with Gasteiger partial charge in [0.15, 0.2) is 5.76 Å². The first kappa shape index (κ1) is 18.9. The molecule has 7 nitrogen and oxygen atoms in total. The zero-order valence-electron chi connectivity index (χ0n) is 16.1. The summed E-state index contributed by atoms with van der Waals surface area (Å²) in [6, 6.07) is 11.9. The fourth-order valence-corrected chi connectivity index (χ4v) is 3.30. The number of aromatic nitrogens is 2. The van der Waals surface area contributed by atoms with E-state index in [1.807, 2.05) is 13.0 Å². The molecule has 1 amide bonds. The van der Waals surface area contributed by atoms with Crippen LogP contribution in [0.3, 0.4) is 0 Å². The molecule has 4 rings (SSSR count). The van der Waals surface area contributed by atoms with E-state index in [1.54, 1.807) is 35.2 Å². The van der Waals surface area contributed by atoms with Gasteiger partial charge in [-0.2, -0.15) is 4.98 Å². The van der Waals surface area contributed by atoms with E-state index in [4.69, 9.17) is 4.42 Å². The molecule has 0 unspecified atom stereocenters. The Bertz CT molecular complexity index is 984. The topological polar surface area (TPSA) is 74.5 Å². The van der Waals surface area contributed by atoms with Gasteiger partial charge in [0.1, 0.15) is 11.6 Å². The third-order valence-electron chi connectivity index (χ3n) is 4.86. The zero-order chi connectivity index (χ0) is 20.2. The number of aryl methyl sites for hydroxylation is 1. The minimum absolute atomic E-state index is 0.0965. The number of nitrogens with one attached hydrogen (secondary N) is 1. The van der Waals surface area contributed by atoms with Crippen molar-refractivity contribution in [1.82, 2.24) is 14.9 Å². The fourth-order valence-electron chi connectivity index (χ4n) is 3.30. The third-order valence-corrected chi connectivity index (χ3v) is 4.86. The van der Waals surface area contributed by atoms with Crippen LogP contribution in [-0.2, 0) is 6.54 Å². The number of hydrogen-bond donors (Lipinski definition) is 1. The average Bonchev–Trinajstić information content (AvgIpc) is 3.27. The second-order valence-corrected chi connectivity index (χ2v) is 6.89. The molecule has 3 aromatic rings. The predicted octanol–water partition coefficient (Wildman–Crippen LogP) is 3.09. The van der Waals surface area contributed by atoms with Gasteiger partial charge in [-0.1, -0.05) is 18.2 Å². The summed E-state index contributed by atoms with van der Waals surface area (Å²) >= 11 is 0. The number of anilines is 2. The molecule has 0 aliphatic carbocycles. The molecule has 1 aliphatic rings. The summed E-state index contributed by atoms with van der Waals surface area (Å²) in [5.41, 5.74) is 1.38. The minimum Gasteiger partial charge on any atom is -0.459 e. The lowest BCUT2D eigenvalue weighted by Crippen LogP contribution is -2.49. The molecule has 0 saturated carbocycles. The highest BCUT2D eigenvalue weighted by molar-refractivity contribution is 5.91.